The SMILES string of the molecule is COc1ccc(S(=O)(=O)N2CCC3(CC2)OCCCO3)cc1C. The molecule has 1 spiro atoms. The molecule has 0 amide bonds. The molecule has 23 heavy (non-hydrogen) atoms. The molecule has 0 atom stereocenters. The molecular weight excluding hydrogens is 318 g/mol. The lowest BCUT2D eigenvalue weighted by atomic mass is 10.0. The first-order valence-electron chi connectivity index (χ1n) is 7.90. The van der Waals surface area contributed by atoms with Crippen molar-refractivity contribution in [1.82, 2.24) is 4.31 Å². The first-order valence-corrected chi connectivity index (χ1v) is 9.34. The van der Waals surface area contributed by atoms with Gasteiger partial charge in [-0.15, -0.1) is 0 Å². The van der Waals surface area contributed by atoms with Crippen molar-refractivity contribution in [3.63, 3.8) is 0 Å². The van der Waals surface area contributed by atoms with Gasteiger partial charge in [0, 0.05) is 25.9 Å². The number of nitrogens with zero attached hydrogens (tertiary/aromatic N) is 1. The van der Waals surface area contributed by atoms with Crippen LogP contribution in [0.3, 0.4) is 0 Å². The van der Waals surface area contributed by atoms with Crippen molar-refractivity contribution in [1.29, 1.82) is 0 Å². The molecule has 0 aliphatic carbocycles. The summed E-state index contributed by atoms with van der Waals surface area (Å²) >= 11 is 0. The molecule has 0 N–H and O–H groups in total. The highest BCUT2D eigenvalue weighted by molar-refractivity contribution is 7.89. The Balaban J connectivity index is 1.75. The van der Waals surface area contributed by atoms with E-state index in [2.05, 4.69) is 0 Å². The van der Waals surface area contributed by atoms with E-state index in [0.29, 0.717) is 49.8 Å². The number of rotatable bonds is 3. The molecule has 0 bridgehead atoms. The third kappa shape index (κ3) is 3.24. The summed E-state index contributed by atoms with van der Waals surface area (Å²) in [5, 5.41) is 0. The van der Waals surface area contributed by atoms with Crippen molar-refractivity contribution in [2.24, 2.45) is 0 Å². The number of aryl methyl sites for hydroxylation is 1. The minimum atomic E-state index is -3.50. The fourth-order valence-electron chi connectivity index (χ4n) is 3.13. The van der Waals surface area contributed by atoms with Crippen molar-refractivity contribution < 1.29 is 22.6 Å². The van der Waals surface area contributed by atoms with E-state index < -0.39 is 15.8 Å². The van der Waals surface area contributed by atoms with E-state index >= 15 is 0 Å². The highest BCUT2D eigenvalue weighted by atomic mass is 32.2. The lowest BCUT2D eigenvalue weighted by molar-refractivity contribution is -0.280. The molecule has 7 heteroatoms. The molecule has 2 heterocycles. The Morgan fingerprint density at radius 2 is 1.83 bits per heavy atom. The van der Waals surface area contributed by atoms with E-state index in [1.165, 1.54) is 4.31 Å². The van der Waals surface area contributed by atoms with Gasteiger partial charge in [0.15, 0.2) is 5.79 Å². The van der Waals surface area contributed by atoms with Gasteiger partial charge in [0.05, 0.1) is 25.2 Å². The smallest absolute Gasteiger partial charge is 0.243 e. The molecule has 1 aromatic rings. The molecule has 0 unspecified atom stereocenters. The number of ether oxygens (including phenoxy) is 3. The zero-order chi connectivity index (χ0) is 16.5. The molecule has 1 aromatic carbocycles. The molecule has 0 saturated carbocycles. The zero-order valence-electron chi connectivity index (χ0n) is 13.6. The standard InChI is InChI=1S/C16H23NO5S/c1-13-12-14(4-5-15(13)20-2)23(18,19)17-8-6-16(7-9-17)21-10-3-11-22-16/h4-5,12H,3,6-11H2,1-2H3. The van der Waals surface area contributed by atoms with Crippen LogP contribution in [0.4, 0.5) is 0 Å². The molecule has 2 fully saturated rings. The Morgan fingerprint density at radius 3 is 2.39 bits per heavy atom. The van der Waals surface area contributed by atoms with E-state index in [1.54, 1.807) is 25.3 Å². The second kappa shape index (κ2) is 6.39. The third-order valence-electron chi connectivity index (χ3n) is 4.51. The van der Waals surface area contributed by atoms with Gasteiger partial charge in [-0.25, -0.2) is 8.42 Å². The minimum absolute atomic E-state index is 0.303. The predicted molar refractivity (Wildman–Crippen MR) is 85.0 cm³/mol. The lowest BCUT2D eigenvalue weighted by Gasteiger charge is -2.42. The van der Waals surface area contributed by atoms with Gasteiger partial charge in [-0.1, -0.05) is 0 Å². The van der Waals surface area contributed by atoms with Crippen LogP contribution in [-0.4, -0.2) is 51.9 Å². The minimum Gasteiger partial charge on any atom is -0.496 e. The Bertz CT molecular complexity index is 657. The maximum Gasteiger partial charge on any atom is 0.243 e. The summed E-state index contributed by atoms with van der Waals surface area (Å²) in [6, 6.07) is 4.95. The second-order valence-corrected chi connectivity index (χ2v) is 7.93. The van der Waals surface area contributed by atoms with Gasteiger partial charge in [0.2, 0.25) is 10.0 Å². The molecular formula is C16H23NO5S. The lowest BCUT2D eigenvalue weighted by Crippen LogP contribution is -2.51. The second-order valence-electron chi connectivity index (χ2n) is 6.00. The fourth-order valence-corrected chi connectivity index (χ4v) is 4.66. The molecule has 0 radical (unpaired) electrons. The highest BCUT2D eigenvalue weighted by Gasteiger charge is 2.41. The van der Waals surface area contributed by atoms with Crippen LogP contribution in [0.5, 0.6) is 5.75 Å². The average Bonchev–Trinajstić information content (AvgIpc) is 2.56. The van der Waals surface area contributed by atoms with Gasteiger partial charge in [0.25, 0.3) is 0 Å². The molecule has 3 rings (SSSR count). The molecule has 128 valence electrons. The molecule has 2 saturated heterocycles. The van der Waals surface area contributed by atoms with Crippen LogP contribution < -0.4 is 4.74 Å². The summed E-state index contributed by atoms with van der Waals surface area (Å²) in [6.45, 7) is 4.03. The molecule has 2 aliphatic heterocycles. The summed E-state index contributed by atoms with van der Waals surface area (Å²) in [5.41, 5.74) is 0.806. The predicted octanol–water partition coefficient (Wildman–Crippen LogP) is 1.92. The van der Waals surface area contributed by atoms with Crippen LogP contribution in [0.25, 0.3) is 0 Å². The van der Waals surface area contributed by atoms with Crippen molar-refractivity contribution in [2.75, 3.05) is 33.4 Å². The first-order chi connectivity index (χ1) is 11.0. The maximum atomic E-state index is 12.8. The van der Waals surface area contributed by atoms with Crippen molar-refractivity contribution >= 4 is 10.0 Å². The zero-order valence-corrected chi connectivity index (χ0v) is 14.4. The first kappa shape index (κ1) is 16.7. The van der Waals surface area contributed by atoms with Crippen molar-refractivity contribution in [3.8, 4) is 5.75 Å². The topological polar surface area (TPSA) is 65.1 Å². The van der Waals surface area contributed by atoms with Crippen LogP contribution >= 0.6 is 0 Å². The van der Waals surface area contributed by atoms with Crippen LogP contribution in [0.1, 0.15) is 24.8 Å². The van der Waals surface area contributed by atoms with Crippen molar-refractivity contribution in [2.45, 2.75) is 36.9 Å². The summed E-state index contributed by atoms with van der Waals surface area (Å²) in [7, 11) is -1.92. The van der Waals surface area contributed by atoms with Gasteiger partial charge in [-0.3, -0.25) is 0 Å². The summed E-state index contributed by atoms with van der Waals surface area (Å²) in [5.74, 6) is 0.102. The number of hydrogen-bond donors (Lipinski definition) is 0. The summed E-state index contributed by atoms with van der Waals surface area (Å²) < 4.78 is 43.9. The van der Waals surface area contributed by atoms with Crippen LogP contribution in [0.2, 0.25) is 0 Å². The Hall–Kier alpha value is -1.15. The fraction of sp³-hybridized carbons (Fsp3) is 0.625. The van der Waals surface area contributed by atoms with Gasteiger partial charge in [-0.05, 0) is 37.1 Å². The van der Waals surface area contributed by atoms with Crippen LogP contribution in [-0.2, 0) is 19.5 Å². The van der Waals surface area contributed by atoms with E-state index in [1.807, 2.05) is 6.92 Å². The molecule has 0 aromatic heterocycles. The van der Waals surface area contributed by atoms with E-state index in [0.717, 1.165) is 12.0 Å². The largest absolute Gasteiger partial charge is 0.496 e. The molecule has 6 nitrogen and oxygen atoms in total. The normalized spacial score (nSPS) is 22.2. The number of piperidine rings is 1. The molecule has 2 aliphatic rings. The van der Waals surface area contributed by atoms with Gasteiger partial charge >= 0.3 is 0 Å². The van der Waals surface area contributed by atoms with Gasteiger partial charge in [0.1, 0.15) is 5.75 Å². The van der Waals surface area contributed by atoms with Gasteiger partial charge < -0.3 is 14.2 Å². The summed E-state index contributed by atoms with van der Waals surface area (Å²) in [4.78, 5) is 0.303. The number of hydrogen-bond acceptors (Lipinski definition) is 5. The monoisotopic (exact) mass is 341 g/mol. The number of benzene rings is 1. The Morgan fingerprint density at radius 1 is 1.17 bits per heavy atom. The number of methoxy groups -OCH3 is 1. The maximum absolute atomic E-state index is 12.8. The Labute approximate surface area is 137 Å². The third-order valence-corrected chi connectivity index (χ3v) is 6.40. The van der Waals surface area contributed by atoms with Crippen LogP contribution in [0.15, 0.2) is 23.1 Å². The Kier molecular flexibility index (Phi) is 4.64. The van der Waals surface area contributed by atoms with E-state index in [-0.39, 0.29) is 0 Å². The van der Waals surface area contributed by atoms with Crippen molar-refractivity contribution in [3.05, 3.63) is 23.8 Å². The summed E-state index contributed by atoms with van der Waals surface area (Å²) in [6.07, 6.45) is 2.04. The average molecular weight is 341 g/mol. The van der Waals surface area contributed by atoms with E-state index in [4.69, 9.17) is 14.2 Å². The van der Waals surface area contributed by atoms with Gasteiger partial charge in [-0.2, -0.15) is 4.31 Å². The highest BCUT2D eigenvalue weighted by Crippen LogP contribution is 2.33. The van der Waals surface area contributed by atoms with E-state index in [9.17, 15) is 8.42 Å². The quantitative estimate of drug-likeness (QED) is 0.840. The number of sulfonamides is 1. The van der Waals surface area contributed by atoms with Crippen LogP contribution in [0, 0.1) is 6.92 Å².